The molecule has 2 rings (SSSR count). The zero-order chi connectivity index (χ0) is 6.97. The zero-order valence-corrected chi connectivity index (χ0v) is 6.55. The maximum atomic E-state index is 4.09. The molecule has 1 aliphatic rings. The van der Waals surface area contributed by atoms with E-state index < -0.39 is 0 Å². The normalized spacial score (nSPS) is 24.7. The number of hydrogen-bond acceptors (Lipinski definition) is 2. The quantitative estimate of drug-likeness (QED) is 0.553. The third-order valence-corrected chi connectivity index (χ3v) is 2.95. The molecular weight excluding hydrogens is 144 g/mol. The summed E-state index contributed by atoms with van der Waals surface area (Å²) in [6, 6.07) is 8.13. The van der Waals surface area contributed by atoms with Crippen molar-refractivity contribution in [1.29, 1.82) is 0 Å². The Morgan fingerprint density at radius 2 is 2.10 bits per heavy atom. The number of rotatable bonds is 0. The molecule has 1 aliphatic heterocycles. The average molecular weight is 152 g/mol. The van der Waals surface area contributed by atoms with E-state index in [4.69, 9.17) is 0 Å². The van der Waals surface area contributed by atoms with Gasteiger partial charge in [-0.3, -0.25) is 0 Å². The second-order valence-electron chi connectivity index (χ2n) is 2.20. The van der Waals surface area contributed by atoms with E-state index in [0.29, 0.717) is 0 Å². The van der Waals surface area contributed by atoms with Gasteiger partial charge in [-0.05, 0) is 18.4 Å². The molecule has 0 saturated heterocycles. The number of benzene rings is 1. The Balaban J connectivity index is 2.59. The summed E-state index contributed by atoms with van der Waals surface area (Å²) < 4.78 is 4.09. The van der Waals surface area contributed by atoms with Crippen LogP contribution in [0.1, 0.15) is 0 Å². The molecule has 0 aliphatic carbocycles. The molecule has 0 aromatic heterocycles. The summed E-state index contributed by atoms with van der Waals surface area (Å²) in [4.78, 5) is 1.30. The van der Waals surface area contributed by atoms with E-state index in [1.165, 1.54) is 4.90 Å². The highest BCUT2D eigenvalue weighted by Crippen LogP contribution is 2.46. The van der Waals surface area contributed by atoms with Gasteiger partial charge < -0.3 is 0 Å². The molecule has 0 N–H and O–H groups in total. The molecule has 0 amide bonds. The lowest BCUT2D eigenvalue weighted by molar-refractivity contribution is 1.33. The molecule has 52 valence electrons. The summed E-state index contributed by atoms with van der Waals surface area (Å²) in [5, 5.41) is 4.03. The molecule has 2 nitrogen and oxygen atoms in total. The summed E-state index contributed by atoms with van der Waals surface area (Å²) in [6.45, 7) is 0. The van der Waals surface area contributed by atoms with Gasteiger partial charge in [0.05, 0.1) is 5.69 Å². The van der Waals surface area contributed by atoms with Crippen LogP contribution in [0, 0.1) is 0 Å². The Hall–Kier alpha value is -0.830. The van der Waals surface area contributed by atoms with Crippen LogP contribution < -0.4 is 0 Å². The fourth-order valence-electron chi connectivity index (χ4n) is 0.986. The minimum atomic E-state index is -0.323. The molecule has 3 heteroatoms. The van der Waals surface area contributed by atoms with Crippen molar-refractivity contribution >= 4 is 16.8 Å². The van der Waals surface area contributed by atoms with Gasteiger partial charge in [0.1, 0.15) is 0 Å². The fourth-order valence-corrected chi connectivity index (χ4v) is 2.07. The monoisotopic (exact) mass is 152 g/mol. The molecule has 0 fully saturated rings. The van der Waals surface area contributed by atoms with E-state index in [0.717, 1.165) is 5.69 Å². The first-order valence-electron chi connectivity index (χ1n) is 3.12. The van der Waals surface area contributed by atoms with Crippen LogP contribution in [-0.2, 0) is 0 Å². The topological polar surface area (TPSA) is 24.7 Å². The van der Waals surface area contributed by atoms with Crippen molar-refractivity contribution in [1.82, 2.24) is 0 Å². The van der Waals surface area contributed by atoms with Crippen molar-refractivity contribution in [3.8, 4) is 0 Å². The van der Waals surface area contributed by atoms with Gasteiger partial charge in [-0.15, -0.1) is 20.7 Å². The van der Waals surface area contributed by atoms with Crippen molar-refractivity contribution in [2.75, 3.05) is 6.26 Å². The van der Waals surface area contributed by atoms with Crippen LogP contribution in [0.15, 0.2) is 38.8 Å². The third kappa shape index (κ3) is 0.743. The molecule has 1 heterocycles. The first kappa shape index (κ1) is 5.92. The number of hydrogen-bond donors (Lipinski definition) is 1. The highest BCUT2D eigenvalue weighted by molar-refractivity contribution is 8.15. The van der Waals surface area contributed by atoms with Crippen LogP contribution in [-0.4, -0.2) is 6.26 Å². The Labute approximate surface area is 62.5 Å². The predicted octanol–water partition coefficient (Wildman–Crippen LogP) is 2.69. The molecular formula is C7H8N2S. The summed E-state index contributed by atoms with van der Waals surface area (Å²) in [6.07, 6.45) is 2.12. The molecule has 1 unspecified atom stereocenters. The van der Waals surface area contributed by atoms with E-state index in [-0.39, 0.29) is 11.1 Å². The van der Waals surface area contributed by atoms with Crippen molar-refractivity contribution < 1.29 is 0 Å². The largest absolute Gasteiger partial charge is 0.144 e. The minimum absolute atomic E-state index is 0.323. The Morgan fingerprint density at radius 3 is 2.90 bits per heavy atom. The highest BCUT2D eigenvalue weighted by atomic mass is 32.2. The zero-order valence-electron chi connectivity index (χ0n) is 5.65. The van der Waals surface area contributed by atoms with Gasteiger partial charge in [0.2, 0.25) is 0 Å². The minimum Gasteiger partial charge on any atom is -0.144 e. The van der Waals surface area contributed by atoms with Crippen molar-refractivity contribution in [3.05, 3.63) is 24.3 Å². The van der Waals surface area contributed by atoms with Crippen LogP contribution in [0.3, 0.4) is 0 Å². The molecule has 0 radical (unpaired) electrons. The lowest BCUT2D eigenvalue weighted by atomic mass is 10.3. The fraction of sp³-hybridized carbons (Fsp3) is 0.143. The highest BCUT2D eigenvalue weighted by Gasteiger charge is 2.10. The number of thiol groups is 1. The number of fused-ring (bicyclic) bond motifs is 1. The predicted molar refractivity (Wildman–Crippen MR) is 44.1 cm³/mol. The van der Waals surface area contributed by atoms with Gasteiger partial charge in [-0.2, -0.15) is 0 Å². The van der Waals surface area contributed by atoms with E-state index in [9.17, 15) is 0 Å². The van der Waals surface area contributed by atoms with Crippen LogP contribution in [0.5, 0.6) is 0 Å². The van der Waals surface area contributed by atoms with Gasteiger partial charge in [0.25, 0.3) is 0 Å². The van der Waals surface area contributed by atoms with E-state index in [2.05, 4.69) is 22.0 Å². The van der Waals surface area contributed by atoms with Crippen LogP contribution >= 0.6 is 11.1 Å². The van der Waals surface area contributed by atoms with Crippen LogP contribution in [0.2, 0.25) is 0 Å². The van der Waals surface area contributed by atoms with E-state index in [1.54, 1.807) is 0 Å². The molecule has 1 atom stereocenters. The van der Waals surface area contributed by atoms with E-state index >= 15 is 0 Å². The maximum Gasteiger partial charge on any atom is 0.0997 e. The molecule has 1 aromatic carbocycles. The third-order valence-electron chi connectivity index (χ3n) is 1.52. The van der Waals surface area contributed by atoms with Gasteiger partial charge >= 0.3 is 0 Å². The van der Waals surface area contributed by atoms with Crippen molar-refractivity contribution in [3.63, 3.8) is 0 Å². The lowest BCUT2D eigenvalue weighted by Crippen LogP contribution is -1.69. The lowest BCUT2D eigenvalue weighted by Gasteiger charge is -2.01. The molecule has 0 bridgehead atoms. The first-order chi connectivity index (χ1) is 4.88. The first-order valence-corrected chi connectivity index (χ1v) is 4.86. The smallest absolute Gasteiger partial charge is 0.0997 e. The van der Waals surface area contributed by atoms with Gasteiger partial charge in [-0.25, -0.2) is 0 Å². The average Bonchev–Trinajstić information content (AvgIpc) is 2.34. The molecule has 0 saturated carbocycles. The Bertz CT molecular complexity index is 283. The summed E-state index contributed by atoms with van der Waals surface area (Å²) in [5.41, 5.74) is 1.05. The van der Waals surface area contributed by atoms with E-state index in [1.807, 2.05) is 18.2 Å². The SMILES string of the molecule is C[SH]1N=Nc2ccccc21. The van der Waals surface area contributed by atoms with Crippen molar-refractivity contribution in [2.45, 2.75) is 4.90 Å². The van der Waals surface area contributed by atoms with Crippen LogP contribution in [0.4, 0.5) is 5.69 Å². The molecule has 1 aromatic rings. The van der Waals surface area contributed by atoms with Gasteiger partial charge in [0, 0.05) is 4.90 Å². The van der Waals surface area contributed by atoms with Gasteiger partial charge in [-0.1, -0.05) is 12.1 Å². The molecule has 10 heavy (non-hydrogen) atoms. The van der Waals surface area contributed by atoms with Gasteiger partial charge in [0.15, 0.2) is 0 Å². The standard InChI is InChI=1S/C7H8N2S/c1-10-7-5-3-2-4-6(7)8-9-10/h2-5,10H,1H3. The maximum absolute atomic E-state index is 4.09. The Morgan fingerprint density at radius 1 is 1.30 bits per heavy atom. The van der Waals surface area contributed by atoms with Crippen LogP contribution in [0.25, 0.3) is 0 Å². The summed E-state index contributed by atoms with van der Waals surface area (Å²) >= 11 is -0.323. The summed E-state index contributed by atoms with van der Waals surface area (Å²) in [7, 11) is 0. The number of nitrogens with zero attached hydrogens (tertiary/aromatic N) is 2. The van der Waals surface area contributed by atoms with Crippen molar-refractivity contribution in [2.24, 2.45) is 9.63 Å². The second kappa shape index (κ2) is 2.09. The summed E-state index contributed by atoms with van der Waals surface area (Å²) in [5.74, 6) is 0. The second-order valence-corrected chi connectivity index (χ2v) is 3.91. The Kier molecular flexibility index (Phi) is 1.24. The molecule has 0 spiro atoms.